The number of unbranched alkanes of at least 4 members (excludes halogenated alkanes) is 1. The van der Waals surface area contributed by atoms with Gasteiger partial charge in [-0.15, -0.1) is 11.3 Å². The molecule has 0 unspecified atom stereocenters. The molecule has 21 heavy (non-hydrogen) atoms. The SMILES string of the molecule is Cn1c(SCCCC#N)nc2sc3c(c2c1=O)CCCC3. The van der Waals surface area contributed by atoms with Crippen LogP contribution in [0, 0.1) is 11.3 Å². The third-order valence-electron chi connectivity index (χ3n) is 3.82. The van der Waals surface area contributed by atoms with Crippen molar-refractivity contribution >= 4 is 33.3 Å². The summed E-state index contributed by atoms with van der Waals surface area (Å²) in [7, 11) is 1.80. The van der Waals surface area contributed by atoms with Crippen LogP contribution in [-0.2, 0) is 19.9 Å². The molecule has 0 saturated heterocycles. The number of thioether (sulfide) groups is 1. The molecule has 0 fully saturated rings. The molecule has 1 aliphatic carbocycles. The number of fused-ring (bicyclic) bond motifs is 3. The zero-order chi connectivity index (χ0) is 14.8. The van der Waals surface area contributed by atoms with Gasteiger partial charge in [0.05, 0.1) is 11.5 Å². The van der Waals surface area contributed by atoms with Gasteiger partial charge in [0.1, 0.15) is 4.83 Å². The molecule has 6 heteroatoms. The first kappa shape index (κ1) is 14.6. The molecule has 0 saturated carbocycles. The Labute approximate surface area is 131 Å². The van der Waals surface area contributed by atoms with Gasteiger partial charge in [-0.3, -0.25) is 9.36 Å². The highest BCUT2D eigenvalue weighted by Crippen LogP contribution is 2.34. The Morgan fingerprint density at radius 3 is 3.05 bits per heavy atom. The molecule has 1 aliphatic rings. The first-order valence-electron chi connectivity index (χ1n) is 7.23. The van der Waals surface area contributed by atoms with E-state index in [0.717, 1.165) is 40.4 Å². The number of hydrogen-bond acceptors (Lipinski definition) is 5. The highest BCUT2D eigenvalue weighted by molar-refractivity contribution is 7.99. The van der Waals surface area contributed by atoms with Crippen LogP contribution in [0.1, 0.15) is 36.1 Å². The fourth-order valence-corrected chi connectivity index (χ4v) is 4.92. The lowest BCUT2D eigenvalue weighted by Crippen LogP contribution is -2.20. The van der Waals surface area contributed by atoms with Gasteiger partial charge in [-0.25, -0.2) is 4.98 Å². The average molecular weight is 319 g/mol. The quantitative estimate of drug-likeness (QED) is 0.493. The fourth-order valence-electron chi connectivity index (χ4n) is 2.71. The van der Waals surface area contributed by atoms with Gasteiger partial charge < -0.3 is 0 Å². The van der Waals surface area contributed by atoms with Gasteiger partial charge in [0.2, 0.25) is 0 Å². The van der Waals surface area contributed by atoms with Crippen LogP contribution >= 0.6 is 23.1 Å². The van der Waals surface area contributed by atoms with Gasteiger partial charge in [-0.1, -0.05) is 11.8 Å². The van der Waals surface area contributed by atoms with Crippen molar-refractivity contribution in [3.63, 3.8) is 0 Å². The summed E-state index contributed by atoms with van der Waals surface area (Å²) in [6.45, 7) is 0. The van der Waals surface area contributed by atoms with Gasteiger partial charge in [0.15, 0.2) is 5.16 Å². The Balaban J connectivity index is 1.99. The Kier molecular flexibility index (Phi) is 4.32. The minimum Gasteiger partial charge on any atom is -0.290 e. The summed E-state index contributed by atoms with van der Waals surface area (Å²) in [4.78, 5) is 19.6. The van der Waals surface area contributed by atoms with Crippen molar-refractivity contribution in [2.75, 3.05) is 5.75 Å². The molecule has 3 rings (SSSR count). The average Bonchev–Trinajstić information content (AvgIpc) is 2.86. The van der Waals surface area contributed by atoms with Crippen molar-refractivity contribution in [1.29, 1.82) is 5.26 Å². The molecule has 4 nitrogen and oxygen atoms in total. The molecule has 0 radical (unpaired) electrons. The minimum absolute atomic E-state index is 0.0854. The third kappa shape index (κ3) is 2.72. The van der Waals surface area contributed by atoms with E-state index in [2.05, 4.69) is 6.07 Å². The first-order valence-corrected chi connectivity index (χ1v) is 9.03. The standard InChI is InChI=1S/C15H17N3OS2/c1-18-14(19)12-10-6-2-3-7-11(10)21-13(12)17-15(18)20-9-5-4-8-16/h2-7,9H2,1H3. The Morgan fingerprint density at radius 2 is 2.24 bits per heavy atom. The molecular formula is C15H17N3OS2. The summed E-state index contributed by atoms with van der Waals surface area (Å²) < 4.78 is 1.67. The maximum atomic E-state index is 12.6. The van der Waals surface area contributed by atoms with Crippen molar-refractivity contribution in [1.82, 2.24) is 9.55 Å². The zero-order valence-corrected chi connectivity index (χ0v) is 13.6. The summed E-state index contributed by atoms with van der Waals surface area (Å²) >= 11 is 3.26. The summed E-state index contributed by atoms with van der Waals surface area (Å²) in [5.74, 6) is 0.824. The van der Waals surface area contributed by atoms with Gasteiger partial charge >= 0.3 is 0 Å². The second-order valence-corrected chi connectivity index (χ2v) is 7.41. The van der Waals surface area contributed by atoms with E-state index in [1.807, 2.05) is 0 Å². The Hall–Kier alpha value is -1.32. The number of rotatable bonds is 4. The van der Waals surface area contributed by atoms with Crippen LogP contribution in [0.25, 0.3) is 10.2 Å². The monoisotopic (exact) mass is 319 g/mol. The van der Waals surface area contributed by atoms with Crippen LogP contribution in [0.2, 0.25) is 0 Å². The molecule has 0 aliphatic heterocycles. The molecule has 0 aromatic carbocycles. The van der Waals surface area contributed by atoms with Gasteiger partial charge in [0, 0.05) is 24.1 Å². The molecule has 0 bridgehead atoms. The van der Waals surface area contributed by atoms with Crippen molar-refractivity contribution < 1.29 is 0 Å². The lowest BCUT2D eigenvalue weighted by molar-refractivity contribution is 0.695. The summed E-state index contributed by atoms with van der Waals surface area (Å²) in [5, 5.41) is 10.2. The first-order chi connectivity index (χ1) is 10.2. The molecule has 0 N–H and O–H groups in total. The number of thiophene rings is 1. The molecule has 110 valence electrons. The van der Waals surface area contributed by atoms with E-state index < -0.39 is 0 Å². The smallest absolute Gasteiger partial charge is 0.262 e. The molecule has 2 aromatic heterocycles. The summed E-state index contributed by atoms with van der Waals surface area (Å²) in [6, 6.07) is 2.14. The highest BCUT2D eigenvalue weighted by Gasteiger charge is 2.21. The third-order valence-corrected chi connectivity index (χ3v) is 6.12. The van der Waals surface area contributed by atoms with E-state index in [0.29, 0.717) is 6.42 Å². The topological polar surface area (TPSA) is 58.7 Å². The number of nitrogens with zero attached hydrogens (tertiary/aromatic N) is 3. The summed E-state index contributed by atoms with van der Waals surface area (Å²) in [6.07, 6.45) is 5.88. The van der Waals surface area contributed by atoms with Crippen molar-refractivity contribution in [3.05, 3.63) is 20.8 Å². The fraction of sp³-hybridized carbons (Fsp3) is 0.533. The summed E-state index contributed by atoms with van der Waals surface area (Å²) in [5.41, 5.74) is 1.33. The van der Waals surface area contributed by atoms with E-state index in [-0.39, 0.29) is 5.56 Å². The van der Waals surface area contributed by atoms with E-state index in [4.69, 9.17) is 10.2 Å². The van der Waals surface area contributed by atoms with Crippen molar-refractivity contribution in [3.8, 4) is 6.07 Å². The molecule has 2 heterocycles. The van der Waals surface area contributed by atoms with Crippen LogP contribution in [0.3, 0.4) is 0 Å². The molecule has 0 spiro atoms. The number of hydrogen-bond donors (Lipinski definition) is 0. The lowest BCUT2D eigenvalue weighted by Gasteiger charge is -2.10. The van der Waals surface area contributed by atoms with E-state index in [1.165, 1.54) is 23.3 Å². The predicted octanol–water partition coefficient (Wildman–Crippen LogP) is 3.27. The minimum atomic E-state index is 0.0854. The Bertz CT molecular complexity index is 770. The number of aromatic nitrogens is 2. The predicted molar refractivity (Wildman–Crippen MR) is 87.1 cm³/mol. The molecule has 2 aromatic rings. The second-order valence-electron chi connectivity index (χ2n) is 5.26. The Morgan fingerprint density at radius 1 is 1.43 bits per heavy atom. The van der Waals surface area contributed by atoms with Crippen LogP contribution in [-0.4, -0.2) is 15.3 Å². The van der Waals surface area contributed by atoms with Gasteiger partial charge in [-0.2, -0.15) is 5.26 Å². The maximum Gasteiger partial charge on any atom is 0.262 e. The van der Waals surface area contributed by atoms with Crippen molar-refractivity contribution in [2.24, 2.45) is 7.05 Å². The maximum absolute atomic E-state index is 12.6. The lowest BCUT2D eigenvalue weighted by atomic mass is 9.97. The second kappa shape index (κ2) is 6.20. The molecule has 0 amide bonds. The largest absolute Gasteiger partial charge is 0.290 e. The number of aryl methyl sites for hydroxylation is 2. The van der Waals surface area contributed by atoms with Crippen LogP contribution in [0.5, 0.6) is 0 Å². The highest BCUT2D eigenvalue weighted by atomic mass is 32.2. The van der Waals surface area contributed by atoms with Crippen LogP contribution in [0.15, 0.2) is 9.95 Å². The number of nitriles is 1. The van der Waals surface area contributed by atoms with Gasteiger partial charge in [-0.05, 0) is 37.7 Å². The molecule has 0 atom stereocenters. The normalized spacial score (nSPS) is 14.1. The van der Waals surface area contributed by atoms with Crippen LogP contribution in [0.4, 0.5) is 0 Å². The van der Waals surface area contributed by atoms with E-state index in [9.17, 15) is 4.79 Å². The zero-order valence-electron chi connectivity index (χ0n) is 12.0. The van der Waals surface area contributed by atoms with E-state index in [1.54, 1.807) is 34.7 Å². The van der Waals surface area contributed by atoms with Crippen LogP contribution < -0.4 is 5.56 Å². The van der Waals surface area contributed by atoms with Gasteiger partial charge in [0.25, 0.3) is 5.56 Å². The molecular weight excluding hydrogens is 302 g/mol. The van der Waals surface area contributed by atoms with Crippen molar-refractivity contribution in [2.45, 2.75) is 43.7 Å². The van der Waals surface area contributed by atoms with E-state index >= 15 is 0 Å².